The van der Waals surface area contributed by atoms with E-state index in [1.165, 1.54) is 50.5 Å². The third-order valence-electron chi connectivity index (χ3n) is 5.70. The largest absolute Gasteiger partial charge is 0.508 e. The van der Waals surface area contributed by atoms with E-state index in [1.807, 2.05) is 0 Å². The number of aliphatic hydroxyl groups is 1. The zero-order chi connectivity index (χ0) is 25.3. The SMILES string of the molecule is COc1ccc(N2C(=O)C(=O)/C(=C(/O)c3ccc(OC)c(OC)c3)C2c2cccc(O)c2)cc1Cl. The van der Waals surface area contributed by atoms with E-state index in [9.17, 15) is 19.8 Å². The topological polar surface area (TPSA) is 106 Å². The van der Waals surface area contributed by atoms with E-state index in [2.05, 4.69) is 0 Å². The van der Waals surface area contributed by atoms with Crippen LogP contribution in [0.4, 0.5) is 5.69 Å². The van der Waals surface area contributed by atoms with Gasteiger partial charge < -0.3 is 24.4 Å². The number of aliphatic hydroxyl groups excluding tert-OH is 1. The molecule has 1 amide bonds. The van der Waals surface area contributed by atoms with Crippen molar-refractivity contribution in [2.24, 2.45) is 0 Å². The van der Waals surface area contributed by atoms with Crippen molar-refractivity contribution in [2.75, 3.05) is 26.2 Å². The van der Waals surface area contributed by atoms with Crippen LogP contribution in [0, 0.1) is 0 Å². The second-order valence-electron chi connectivity index (χ2n) is 7.65. The van der Waals surface area contributed by atoms with E-state index in [1.54, 1.807) is 36.4 Å². The highest BCUT2D eigenvalue weighted by atomic mass is 35.5. The molecule has 1 atom stereocenters. The number of hydrogen-bond donors (Lipinski definition) is 2. The summed E-state index contributed by atoms with van der Waals surface area (Å²) in [5.74, 6) is -1.05. The van der Waals surface area contributed by atoms with Crippen LogP contribution in [-0.2, 0) is 9.59 Å². The maximum Gasteiger partial charge on any atom is 0.300 e. The predicted octanol–water partition coefficient (Wildman–Crippen LogP) is 4.70. The van der Waals surface area contributed by atoms with Crippen molar-refractivity contribution in [3.8, 4) is 23.0 Å². The lowest BCUT2D eigenvalue weighted by Gasteiger charge is -2.26. The Morgan fingerprint density at radius 1 is 0.886 bits per heavy atom. The summed E-state index contributed by atoms with van der Waals surface area (Å²) in [6.45, 7) is 0. The number of methoxy groups -OCH3 is 3. The van der Waals surface area contributed by atoms with Crippen LogP contribution in [0.3, 0.4) is 0 Å². The highest BCUT2D eigenvalue weighted by Crippen LogP contribution is 2.44. The Kier molecular flexibility index (Phi) is 6.57. The Balaban J connectivity index is 1.95. The molecule has 1 aliphatic rings. The second-order valence-corrected chi connectivity index (χ2v) is 8.06. The normalized spacial score (nSPS) is 16.9. The number of ketones is 1. The van der Waals surface area contributed by atoms with Crippen LogP contribution < -0.4 is 19.1 Å². The molecule has 0 saturated carbocycles. The summed E-state index contributed by atoms with van der Waals surface area (Å²) in [6.07, 6.45) is 0. The summed E-state index contributed by atoms with van der Waals surface area (Å²) >= 11 is 6.29. The van der Waals surface area contributed by atoms with Crippen LogP contribution in [0.2, 0.25) is 5.02 Å². The fraction of sp³-hybridized carbons (Fsp3) is 0.154. The molecule has 0 aliphatic carbocycles. The minimum Gasteiger partial charge on any atom is -0.508 e. The Bertz CT molecular complexity index is 1350. The molecule has 1 unspecified atom stereocenters. The Hall–Kier alpha value is -4.17. The second kappa shape index (κ2) is 9.60. The van der Waals surface area contributed by atoms with Gasteiger partial charge in [0, 0.05) is 11.3 Å². The third kappa shape index (κ3) is 4.24. The average molecular weight is 496 g/mol. The number of amides is 1. The number of rotatable bonds is 6. The summed E-state index contributed by atoms with van der Waals surface area (Å²) in [5, 5.41) is 21.6. The quantitative estimate of drug-likeness (QED) is 0.290. The van der Waals surface area contributed by atoms with E-state index in [0.29, 0.717) is 28.5 Å². The summed E-state index contributed by atoms with van der Waals surface area (Å²) in [6, 6.07) is 14.4. The minimum atomic E-state index is -1.04. The van der Waals surface area contributed by atoms with Gasteiger partial charge in [0.05, 0.1) is 38.0 Å². The van der Waals surface area contributed by atoms with Crippen molar-refractivity contribution in [1.82, 2.24) is 0 Å². The first-order valence-electron chi connectivity index (χ1n) is 10.5. The van der Waals surface area contributed by atoms with Gasteiger partial charge in [-0.15, -0.1) is 0 Å². The maximum atomic E-state index is 13.3. The van der Waals surface area contributed by atoms with E-state index in [-0.39, 0.29) is 21.9 Å². The van der Waals surface area contributed by atoms with Gasteiger partial charge in [0.25, 0.3) is 11.7 Å². The molecule has 3 aromatic carbocycles. The van der Waals surface area contributed by atoms with Crippen LogP contribution in [-0.4, -0.2) is 43.2 Å². The number of benzene rings is 3. The highest BCUT2D eigenvalue weighted by molar-refractivity contribution is 6.51. The van der Waals surface area contributed by atoms with Crippen LogP contribution in [0.5, 0.6) is 23.0 Å². The van der Waals surface area contributed by atoms with Gasteiger partial charge >= 0.3 is 0 Å². The number of carbonyl (C=O) groups excluding carboxylic acids is 2. The number of carbonyl (C=O) groups is 2. The van der Waals surface area contributed by atoms with Crippen molar-refractivity contribution in [2.45, 2.75) is 6.04 Å². The Morgan fingerprint density at radius 2 is 1.57 bits per heavy atom. The average Bonchev–Trinajstić information content (AvgIpc) is 3.13. The van der Waals surface area contributed by atoms with Crippen LogP contribution in [0.1, 0.15) is 17.2 Å². The van der Waals surface area contributed by atoms with Gasteiger partial charge in [-0.25, -0.2) is 0 Å². The molecule has 35 heavy (non-hydrogen) atoms. The number of hydrogen-bond acceptors (Lipinski definition) is 7. The minimum absolute atomic E-state index is 0.0630. The van der Waals surface area contributed by atoms with Gasteiger partial charge in [-0.1, -0.05) is 23.7 Å². The first-order chi connectivity index (χ1) is 16.8. The van der Waals surface area contributed by atoms with Crippen molar-refractivity contribution < 1.29 is 34.0 Å². The number of phenols is 1. The first kappa shape index (κ1) is 24.0. The molecule has 0 spiro atoms. The number of phenolic OH excluding ortho intramolecular Hbond substituents is 1. The predicted molar refractivity (Wildman–Crippen MR) is 130 cm³/mol. The molecule has 0 bridgehead atoms. The summed E-state index contributed by atoms with van der Waals surface area (Å²) in [5.41, 5.74) is 0.828. The van der Waals surface area contributed by atoms with Gasteiger partial charge in [-0.05, 0) is 54.1 Å². The van der Waals surface area contributed by atoms with E-state index in [4.69, 9.17) is 25.8 Å². The number of ether oxygens (including phenoxy) is 3. The molecular formula is C26H22ClNO7. The number of anilines is 1. The molecule has 3 aromatic rings. The van der Waals surface area contributed by atoms with Crippen molar-refractivity contribution >= 4 is 34.7 Å². The lowest BCUT2D eigenvalue weighted by molar-refractivity contribution is -0.132. The Morgan fingerprint density at radius 3 is 2.20 bits per heavy atom. The number of nitrogens with zero attached hydrogens (tertiary/aromatic N) is 1. The number of Topliss-reactive ketones (excluding diaryl/α,β-unsaturated/α-hetero) is 1. The van der Waals surface area contributed by atoms with Gasteiger partial charge in [0.2, 0.25) is 0 Å². The molecular weight excluding hydrogens is 474 g/mol. The van der Waals surface area contributed by atoms with Crippen molar-refractivity contribution in [3.63, 3.8) is 0 Å². The molecule has 1 aliphatic heterocycles. The monoisotopic (exact) mass is 495 g/mol. The van der Waals surface area contributed by atoms with Crippen LogP contribution in [0.15, 0.2) is 66.2 Å². The fourth-order valence-corrected chi connectivity index (χ4v) is 4.31. The smallest absolute Gasteiger partial charge is 0.300 e. The summed E-state index contributed by atoms with van der Waals surface area (Å²) in [7, 11) is 4.38. The standard InChI is InChI=1S/C26H22ClNO7/c1-33-19-10-8-16(13-18(19)27)28-23(14-5-4-6-17(29)11-14)22(25(31)26(28)32)24(30)15-7-9-20(34-2)21(12-15)35-3/h4-13,23,29-30H,1-3H3/b24-22+. The lowest BCUT2D eigenvalue weighted by atomic mass is 9.95. The maximum absolute atomic E-state index is 13.3. The molecule has 180 valence electrons. The number of halogens is 1. The zero-order valence-corrected chi connectivity index (χ0v) is 19.9. The van der Waals surface area contributed by atoms with Crippen molar-refractivity contribution in [3.05, 3.63) is 82.4 Å². The van der Waals surface area contributed by atoms with Crippen LogP contribution in [0.25, 0.3) is 5.76 Å². The first-order valence-corrected chi connectivity index (χ1v) is 10.8. The van der Waals surface area contributed by atoms with Gasteiger partial charge in [0.1, 0.15) is 17.3 Å². The van der Waals surface area contributed by atoms with Crippen molar-refractivity contribution in [1.29, 1.82) is 0 Å². The third-order valence-corrected chi connectivity index (χ3v) is 6.00. The van der Waals surface area contributed by atoms with E-state index < -0.39 is 23.5 Å². The molecule has 0 radical (unpaired) electrons. The molecule has 1 fully saturated rings. The summed E-state index contributed by atoms with van der Waals surface area (Å²) in [4.78, 5) is 27.8. The fourth-order valence-electron chi connectivity index (χ4n) is 4.05. The molecule has 0 aromatic heterocycles. The van der Waals surface area contributed by atoms with Gasteiger partial charge in [-0.3, -0.25) is 14.5 Å². The zero-order valence-electron chi connectivity index (χ0n) is 19.1. The van der Waals surface area contributed by atoms with E-state index in [0.717, 1.165) is 0 Å². The molecule has 1 heterocycles. The lowest BCUT2D eigenvalue weighted by Crippen LogP contribution is -2.29. The molecule has 2 N–H and O–H groups in total. The Labute approximate surface area is 206 Å². The number of aromatic hydroxyl groups is 1. The molecule has 4 rings (SSSR count). The van der Waals surface area contributed by atoms with Crippen LogP contribution >= 0.6 is 11.6 Å². The highest BCUT2D eigenvalue weighted by Gasteiger charge is 2.47. The molecule has 1 saturated heterocycles. The van der Waals surface area contributed by atoms with Gasteiger partial charge in [-0.2, -0.15) is 0 Å². The summed E-state index contributed by atoms with van der Waals surface area (Å²) < 4.78 is 15.7. The molecule has 8 nitrogen and oxygen atoms in total. The molecule has 9 heteroatoms. The van der Waals surface area contributed by atoms with Gasteiger partial charge in [0.15, 0.2) is 11.5 Å². The van der Waals surface area contributed by atoms with E-state index >= 15 is 0 Å².